The van der Waals surface area contributed by atoms with Crippen molar-refractivity contribution < 1.29 is 10.8 Å². The Kier molecular flexibility index (Phi) is 14.5. The lowest BCUT2D eigenvalue weighted by atomic mass is 10.0. The highest BCUT2D eigenvalue weighted by Crippen LogP contribution is 2.10. The van der Waals surface area contributed by atoms with Crippen LogP contribution in [0.3, 0.4) is 0 Å². The first-order valence-electron chi connectivity index (χ1n) is 5.56. The molecule has 0 heterocycles. The Balaban J connectivity index is 0. The third-order valence-electron chi connectivity index (χ3n) is 2.18. The fourth-order valence-electron chi connectivity index (χ4n) is 1.34. The standard InChI is InChI=1S/C13H23N.H2O/c1-4-7-11-14-12-10-13(8-5-2)9-6-3;/h5-6,10,12-14H,2-4,7-9,11H2,1H3;1H2. The van der Waals surface area contributed by atoms with Crippen molar-refractivity contribution in [3.8, 4) is 0 Å². The molecule has 0 amide bonds. The summed E-state index contributed by atoms with van der Waals surface area (Å²) < 4.78 is 0. The number of quaternary nitrogens is 1. The second-order valence-corrected chi connectivity index (χ2v) is 3.57. The van der Waals surface area contributed by atoms with Crippen LogP contribution in [0, 0.1) is 5.92 Å². The van der Waals surface area contributed by atoms with Crippen molar-refractivity contribution in [3.63, 3.8) is 0 Å². The lowest BCUT2D eigenvalue weighted by Gasteiger charge is -2.04. The van der Waals surface area contributed by atoms with Crippen LogP contribution in [-0.2, 0) is 0 Å². The summed E-state index contributed by atoms with van der Waals surface area (Å²) in [6, 6.07) is 0. The Hall–Kier alpha value is -0.860. The zero-order chi connectivity index (χ0) is 10.6. The molecule has 0 atom stereocenters. The van der Waals surface area contributed by atoms with Gasteiger partial charge in [-0.2, -0.15) is 0 Å². The van der Waals surface area contributed by atoms with Crippen LogP contribution in [0.5, 0.6) is 0 Å². The molecule has 0 bridgehead atoms. The maximum absolute atomic E-state index is 3.76. The summed E-state index contributed by atoms with van der Waals surface area (Å²) in [4.78, 5) is 0. The summed E-state index contributed by atoms with van der Waals surface area (Å²) in [6.07, 6.45) is 13.1. The minimum Gasteiger partial charge on any atom is -0.870 e. The predicted octanol–water partition coefficient (Wildman–Crippen LogP) is 2.46. The van der Waals surface area contributed by atoms with Crippen molar-refractivity contribution in [1.29, 1.82) is 0 Å². The summed E-state index contributed by atoms with van der Waals surface area (Å²) in [5, 5.41) is 2.25. The van der Waals surface area contributed by atoms with E-state index in [1.807, 2.05) is 12.2 Å². The summed E-state index contributed by atoms with van der Waals surface area (Å²) in [5.41, 5.74) is 0. The number of rotatable bonds is 9. The molecule has 88 valence electrons. The quantitative estimate of drug-likeness (QED) is 0.462. The molecular weight excluding hydrogens is 186 g/mol. The van der Waals surface area contributed by atoms with Crippen LogP contribution < -0.4 is 5.32 Å². The van der Waals surface area contributed by atoms with Gasteiger partial charge in [-0.05, 0) is 31.3 Å². The summed E-state index contributed by atoms with van der Waals surface area (Å²) in [5.74, 6) is 0.586. The SMILES string of the molecule is C=CCC(C=C[NH2+]CCCC)CC=C.[OH-]. The molecule has 0 unspecified atom stereocenters. The van der Waals surface area contributed by atoms with Gasteiger partial charge in [0.05, 0.1) is 12.7 Å². The fraction of sp³-hybridized carbons (Fsp3) is 0.538. The minimum atomic E-state index is 0. The van der Waals surface area contributed by atoms with Crippen LogP contribution in [0.1, 0.15) is 32.6 Å². The van der Waals surface area contributed by atoms with Crippen molar-refractivity contribution in [2.45, 2.75) is 32.6 Å². The van der Waals surface area contributed by atoms with E-state index >= 15 is 0 Å². The number of nitrogens with two attached hydrogens (primary N) is 1. The Morgan fingerprint density at radius 3 is 2.27 bits per heavy atom. The van der Waals surface area contributed by atoms with Gasteiger partial charge in [-0.3, -0.25) is 0 Å². The molecule has 0 aliphatic carbocycles. The lowest BCUT2D eigenvalue weighted by molar-refractivity contribution is -0.588. The second-order valence-electron chi connectivity index (χ2n) is 3.57. The molecule has 0 aliphatic heterocycles. The van der Waals surface area contributed by atoms with E-state index in [9.17, 15) is 0 Å². The number of allylic oxidation sites excluding steroid dienone is 3. The van der Waals surface area contributed by atoms with Gasteiger partial charge in [-0.15, -0.1) is 13.2 Å². The molecule has 0 rings (SSSR count). The highest BCUT2D eigenvalue weighted by atomic mass is 16.0. The first-order valence-corrected chi connectivity index (χ1v) is 5.56. The molecule has 0 aliphatic rings. The van der Waals surface area contributed by atoms with Crippen molar-refractivity contribution >= 4 is 0 Å². The van der Waals surface area contributed by atoms with Crippen LogP contribution in [-0.4, -0.2) is 12.0 Å². The third-order valence-corrected chi connectivity index (χ3v) is 2.18. The van der Waals surface area contributed by atoms with Crippen LogP contribution in [0.15, 0.2) is 37.6 Å². The maximum atomic E-state index is 3.76. The average molecular weight is 211 g/mol. The zero-order valence-corrected chi connectivity index (χ0v) is 9.86. The molecule has 0 aromatic rings. The first-order chi connectivity index (χ1) is 6.85. The van der Waals surface area contributed by atoms with E-state index in [2.05, 4.69) is 37.7 Å². The highest BCUT2D eigenvalue weighted by molar-refractivity contribution is 4.90. The lowest BCUT2D eigenvalue weighted by Crippen LogP contribution is -2.78. The Labute approximate surface area is 94.1 Å². The average Bonchev–Trinajstić information content (AvgIpc) is 2.18. The van der Waals surface area contributed by atoms with E-state index in [1.54, 1.807) is 0 Å². The van der Waals surface area contributed by atoms with E-state index < -0.39 is 0 Å². The first kappa shape index (κ1) is 16.6. The Morgan fingerprint density at radius 2 is 1.80 bits per heavy atom. The van der Waals surface area contributed by atoms with E-state index in [4.69, 9.17) is 0 Å². The fourth-order valence-corrected chi connectivity index (χ4v) is 1.34. The molecule has 0 saturated carbocycles. The molecule has 0 fully saturated rings. The number of hydrogen-bond acceptors (Lipinski definition) is 1. The van der Waals surface area contributed by atoms with Gasteiger partial charge in [0.1, 0.15) is 0 Å². The van der Waals surface area contributed by atoms with Crippen LogP contribution in [0.4, 0.5) is 0 Å². The van der Waals surface area contributed by atoms with Gasteiger partial charge in [-0.25, -0.2) is 0 Å². The van der Waals surface area contributed by atoms with E-state index in [0.29, 0.717) is 5.92 Å². The van der Waals surface area contributed by atoms with E-state index in [-0.39, 0.29) is 5.48 Å². The molecule has 0 spiro atoms. The Morgan fingerprint density at radius 1 is 1.20 bits per heavy atom. The van der Waals surface area contributed by atoms with Crippen LogP contribution in [0.25, 0.3) is 0 Å². The molecule has 0 aromatic carbocycles. The van der Waals surface area contributed by atoms with Crippen LogP contribution >= 0.6 is 0 Å². The third kappa shape index (κ3) is 11.1. The van der Waals surface area contributed by atoms with Crippen molar-refractivity contribution in [2.24, 2.45) is 5.92 Å². The molecule has 0 saturated heterocycles. The van der Waals surface area contributed by atoms with Crippen molar-refractivity contribution in [2.75, 3.05) is 6.54 Å². The molecular formula is C13H25NO. The van der Waals surface area contributed by atoms with Crippen molar-refractivity contribution in [3.05, 3.63) is 37.6 Å². The predicted molar refractivity (Wildman–Crippen MR) is 65.9 cm³/mol. The van der Waals surface area contributed by atoms with Gasteiger partial charge in [0.2, 0.25) is 0 Å². The number of unbranched alkanes of at least 4 members (excludes halogenated alkanes) is 1. The van der Waals surface area contributed by atoms with Gasteiger partial charge < -0.3 is 10.8 Å². The van der Waals surface area contributed by atoms with Gasteiger partial charge in [0.15, 0.2) is 0 Å². The summed E-state index contributed by atoms with van der Waals surface area (Å²) >= 11 is 0. The van der Waals surface area contributed by atoms with Crippen molar-refractivity contribution in [1.82, 2.24) is 0 Å². The molecule has 0 aromatic heterocycles. The summed E-state index contributed by atoms with van der Waals surface area (Å²) in [7, 11) is 0. The molecule has 2 heteroatoms. The van der Waals surface area contributed by atoms with Gasteiger partial charge in [0.25, 0.3) is 0 Å². The molecule has 0 radical (unpaired) electrons. The van der Waals surface area contributed by atoms with Gasteiger partial charge in [0, 0.05) is 0 Å². The molecule has 2 nitrogen and oxygen atoms in total. The van der Waals surface area contributed by atoms with Gasteiger partial charge in [-0.1, -0.05) is 25.5 Å². The van der Waals surface area contributed by atoms with E-state index in [0.717, 1.165) is 12.8 Å². The molecule has 3 N–H and O–H groups in total. The second kappa shape index (κ2) is 13.1. The Bertz CT molecular complexity index is 165. The topological polar surface area (TPSA) is 46.6 Å². The normalized spacial score (nSPS) is 10.3. The minimum absolute atomic E-state index is 0. The highest BCUT2D eigenvalue weighted by Gasteiger charge is 1.99. The monoisotopic (exact) mass is 211 g/mol. The smallest absolute Gasteiger partial charge is 0.0888 e. The van der Waals surface area contributed by atoms with Gasteiger partial charge >= 0.3 is 0 Å². The number of hydrogen-bond donors (Lipinski definition) is 1. The summed E-state index contributed by atoms with van der Waals surface area (Å²) in [6.45, 7) is 10.9. The zero-order valence-electron chi connectivity index (χ0n) is 9.86. The van der Waals surface area contributed by atoms with E-state index in [1.165, 1.54) is 19.4 Å². The largest absolute Gasteiger partial charge is 0.870 e. The molecule has 15 heavy (non-hydrogen) atoms. The maximum Gasteiger partial charge on any atom is 0.0888 e. The van der Waals surface area contributed by atoms with Crippen LogP contribution in [0.2, 0.25) is 0 Å².